The Kier molecular flexibility index (Phi) is 5.72. The summed E-state index contributed by atoms with van der Waals surface area (Å²) in [6.45, 7) is 2.47. The zero-order valence-electron chi connectivity index (χ0n) is 18.2. The van der Waals surface area contributed by atoms with Crippen LogP contribution >= 0.6 is 0 Å². The largest absolute Gasteiger partial charge is 0.369 e. The molecule has 0 amide bonds. The summed E-state index contributed by atoms with van der Waals surface area (Å²) in [5.74, 6) is 0.557. The van der Waals surface area contributed by atoms with Crippen molar-refractivity contribution in [1.82, 2.24) is 19.9 Å². The summed E-state index contributed by atoms with van der Waals surface area (Å²) in [5, 5.41) is 4.36. The molecular weight excluding hydrogens is 413 g/mol. The molecule has 0 unspecified atom stereocenters. The summed E-state index contributed by atoms with van der Waals surface area (Å²) in [5.41, 5.74) is 6.12. The number of fused-ring (bicyclic) bond motifs is 1. The molecule has 5 nitrogen and oxygen atoms in total. The maximum atomic E-state index is 13.8. The van der Waals surface area contributed by atoms with Gasteiger partial charge in [0, 0.05) is 47.6 Å². The third-order valence-electron chi connectivity index (χ3n) is 5.59. The second kappa shape index (κ2) is 9.12. The van der Waals surface area contributed by atoms with Crippen LogP contribution in [0.2, 0.25) is 0 Å². The first kappa shape index (κ1) is 20.7. The lowest BCUT2D eigenvalue weighted by Crippen LogP contribution is -2.08. The number of anilines is 1. The van der Waals surface area contributed by atoms with Crippen LogP contribution in [-0.4, -0.2) is 26.5 Å². The van der Waals surface area contributed by atoms with Crippen LogP contribution in [0.5, 0.6) is 0 Å². The Morgan fingerprint density at radius 3 is 2.55 bits per heavy atom. The van der Waals surface area contributed by atoms with Crippen LogP contribution in [-0.2, 0) is 6.42 Å². The normalized spacial score (nSPS) is 11.0. The van der Waals surface area contributed by atoms with Gasteiger partial charge in [0.05, 0.1) is 11.2 Å². The average Bonchev–Trinajstić information content (AvgIpc) is 2.86. The predicted molar refractivity (Wildman–Crippen MR) is 129 cm³/mol. The molecule has 2 aromatic carbocycles. The fourth-order valence-corrected chi connectivity index (χ4v) is 3.88. The van der Waals surface area contributed by atoms with Gasteiger partial charge in [-0.2, -0.15) is 0 Å². The summed E-state index contributed by atoms with van der Waals surface area (Å²) >= 11 is 0. The van der Waals surface area contributed by atoms with Crippen LogP contribution < -0.4 is 5.32 Å². The van der Waals surface area contributed by atoms with Gasteiger partial charge in [0.1, 0.15) is 18.0 Å². The lowest BCUT2D eigenvalue weighted by Gasteiger charge is -2.12. The van der Waals surface area contributed by atoms with Gasteiger partial charge in [0.25, 0.3) is 0 Å². The molecule has 0 fully saturated rings. The van der Waals surface area contributed by atoms with E-state index in [0.717, 1.165) is 51.2 Å². The molecule has 3 aromatic heterocycles. The Bertz CT molecular complexity index is 1420. The fraction of sp³-hybridized carbons (Fsp3) is 0.111. The van der Waals surface area contributed by atoms with E-state index >= 15 is 0 Å². The highest BCUT2D eigenvalue weighted by molar-refractivity contribution is 5.94. The lowest BCUT2D eigenvalue weighted by molar-refractivity contribution is 0.619. The molecule has 3 heterocycles. The number of aromatic nitrogens is 4. The van der Waals surface area contributed by atoms with Gasteiger partial charge >= 0.3 is 0 Å². The first-order valence-electron chi connectivity index (χ1n) is 10.8. The number of benzene rings is 2. The van der Waals surface area contributed by atoms with Crippen molar-refractivity contribution < 1.29 is 4.39 Å². The maximum Gasteiger partial charge on any atom is 0.137 e. The summed E-state index contributed by atoms with van der Waals surface area (Å²) in [4.78, 5) is 17.9. The topological polar surface area (TPSA) is 63.6 Å². The van der Waals surface area contributed by atoms with Gasteiger partial charge in [-0.05, 0) is 66.6 Å². The molecule has 162 valence electrons. The fourth-order valence-electron chi connectivity index (χ4n) is 3.88. The van der Waals surface area contributed by atoms with Crippen molar-refractivity contribution in [3.8, 4) is 22.4 Å². The molecule has 0 radical (unpaired) electrons. The average molecular weight is 436 g/mol. The molecule has 0 aliphatic heterocycles. The van der Waals surface area contributed by atoms with E-state index in [9.17, 15) is 4.39 Å². The van der Waals surface area contributed by atoms with Gasteiger partial charge in [-0.3, -0.25) is 9.97 Å². The van der Waals surface area contributed by atoms with Gasteiger partial charge in [-0.15, -0.1) is 0 Å². The molecule has 5 aromatic rings. The minimum atomic E-state index is -0.222. The molecule has 5 rings (SSSR count). The second-order valence-corrected chi connectivity index (χ2v) is 7.82. The van der Waals surface area contributed by atoms with E-state index in [-0.39, 0.29) is 5.82 Å². The van der Waals surface area contributed by atoms with Crippen molar-refractivity contribution in [3.63, 3.8) is 0 Å². The Morgan fingerprint density at radius 2 is 1.70 bits per heavy atom. The third-order valence-corrected chi connectivity index (χ3v) is 5.59. The van der Waals surface area contributed by atoms with E-state index in [1.54, 1.807) is 31.7 Å². The SMILES string of the molecule is Cc1cc(-c2ncccc2-c2ccc3ncnc(NCCc4ccccn4)c3c2)ccc1F. The molecule has 0 saturated carbocycles. The molecule has 0 spiro atoms. The van der Waals surface area contributed by atoms with Gasteiger partial charge in [-0.25, -0.2) is 14.4 Å². The number of hydrogen-bond acceptors (Lipinski definition) is 5. The standard InChI is InChI=1S/C27H22FN5/c1-18-15-20(7-9-24(18)28)26-22(6-4-13-30-26)19-8-10-25-23(16-19)27(33-17-32-25)31-14-11-21-5-2-3-12-29-21/h2-10,12-13,15-17H,11,14H2,1H3,(H,31,32,33). The van der Waals surface area contributed by atoms with Gasteiger partial charge in [0.15, 0.2) is 0 Å². The molecule has 0 atom stereocenters. The van der Waals surface area contributed by atoms with E-state index in [1.165, 1.54) is 6.07 Å². The molecule has 0 aliphatic carbocycles. The van der Waals surface area contributed by atoms with Gasteiger partial charge in [0.2, 0.25) is 0 Å². The monoisotopic (exact) mass is 435 g/mol. The highest BCUT2D eigenvalue weighted by Crippen LogP contribution is 2.33. The van der Waals surface area contributed by atoms with Crippen molar-refractivity contribution in [2.45, 2.75) is 13.3 Å². The first-order valence-corrected chi connectivity index (χ1v) is 10.8. The molecule has 0 saturated heterocycles. The van der Waals surface area contributed by atoms with Crippen molar-refractivity contribution >= 4 is 16.7 Å². The number of pyridine rings is 2. The smallest absolute Gasteiger partial charge is 0.137 e. The molecule has 0 bridgehead atoms. The summed E-state index contributed by atoms with van der Waals surface area (Å²) < 4.78 is 13.8. The molecular formula is C27H22FN5. The highest BCUT2D eigenvalue weighted by atomic mass is 19.1. The van der Waals surface area contributed by atoms with Crippen LogP contribution in [0.3, 0.4) is 0 Å². The summed E-state index contributed by atoms with van der Waals surface area (Å²) in [7, 11) is 0. The van der Waals surface area contributed by atoms with Crippen LogP contribution in [0.4, 0.5) is 10.2 Å². The summed E-state index contributed by atoms with van der Waals surface area (Å²) in [6.07, 6.45) is 5.92. The van der Waals surface area contributed by atoms with E-state index < -0.39 is 0 Å². The predicted octanol–water partition coefficient (Wildman–Crippen LogP) is 5.86. The maximum absolute atomic E-state index is 13.8. The minimum absolute atomic E-state index is 0.222. The number of aryl methyl sites for hydroxylation is 1. The molecule has 6 heteroatoms. The van der Waals surface area contributed by atoms with E-state index in [2.05, 4.69) is 31.3 Å². The lowest BCUT2D eigenvalue weighted by atomic mass is 9.97. The van der Waals surface area contributed by atoms with Gasteiger partial charge in [-0.1, -0.05) is 18.2 Å². The van der Waals surface area contributed by atoms with E-state index in [0.29, 0.717) is 12.1 Å². The highest BCUT2D eigenvalue weighted by Gasteiger charge is 2.12. The van der Waals surface area contributed by atoms with Crippen LogP contribution in [0.25, 0.3) is 33.3 Å². The zero-order chi connectivity index (χ0) is 22.6. The van der Waals surface area contributed by atoms with E-state index in [4.69, 9.17) is 0 Å². The van der Waals surface area contributed by atoms with Crippen molar-refractivity contribution in [1.29, 1.82) is 0 Å². The number of halogens is 1. The van der Waals surface area contributed by atoms with Crippen LogP contribution in [0.1, 0.15) is 11.3 Å². The zero-order valence-corrected chi connectivity index (χ0v) is 18.2. The van der Waals surface area contributed by atoms with Crippen molar-refractivity contribution in [2.24, 2.45) is 0 Å². The second-order valence-electron chi connectivity index (χ2n) is 7.82. The van der Waals surface area contributed by atoms with Crippen LogP contribution in [0, 0.1) is 12.7 Å². The Morgan fingerprint density at radius 1 is 0.818 bits per heavy atom. The number of rotatable bonds is 6. The number of nitrogens with one attached hydrogen (secondary N) is 1. The minimum Gasteiger partial charge on any atom is -0.369 e. The van der Waals surface area contributed by atoms with Crippen molar-refractivity contribution in [2.75, 3.05) is 11.9 Å². The molecule has 33 heavy (non-hydrogen) atoms. The molecule has 1 N–H and O–H groups in total. The summed E-state index contributed by atoms with van der Waals surface area (Å²) in [6, 6.07) is 21.0. The van der Waals surface area contributed by atoms with Gasteiger partial charge < -0.3 is 5.32 Å². The Hall–Kier alpha value is -4.19. The van der Waals surface area contributed by atoms with Crippen molar-refractivity contribution in [3.05, 3.63) is 103 Å². The Balaban J connectivity index is 1.50. The van der Waals surface area contributed by atoms with Crippen LogP contribution in [0.15, 0.2) is 85.5 Å². The molecule has 0 aliphatic rings. The first-order chi connectivity index (χ1) is 16.2. The number of nitrogens with zero attached hydrogens (tertiary/aromatic N) is 4. The Labute approximate surface area is 191 Å². The third kappa shape index (κ3) is 4.41. The number of hydrogen-bond donors (Lipinski definition) is 1. The van der Waals surface area contributed by atoms with E-state index in [1.807, 2.05) is 48.5 Å². The quantitative estimate of drug-likeness (QED) is 0.362.